The van der Waals surface area contributed by atoms with Crippen molar-refractivity contribution in [1.29, 1.82) is 0 Å². The van der Waals surface area contributed by atoms with E-state index in [4.69, 9.17) is 18.9 Å². The van der Waals surface area contributed by atoms with Crippen LogP contribution in [0.15, 0.2) is 30.3 Å². The van der Waals surface area contributed by atoms with Crippen molar-refractivity contribution in [3.05, 3.63) is 35.9 Å². The molecule has 0 aliphatic carbocycles. The highest BCUT2D eigenvalue weighted by atomic mass is 16.7. The predicted octanol–water partition coefficient (Wildman–Crippen LogP) is 1.84. The Balaban J connectivity index is 1.67. The van der Waals surface area contributed by atoms with E-state index in [-0.39, 0.29) is 12.1 Å². The van der Waals surface area contributed by atoms with E-state index >= 15 is 0 Å². The van der Waals surface area contributed by atoms with E-state index in [1.54, 1.807) is 7.11 Å². The number of benzene rings is 1. The number of fused-ring (bicyclic) bond motifs is 1. The molecular weight excluding hydrogens is 322 g/mol. The Morgan fingerprint density at radius 3 is 2.68 bits per heavy atom. The zero-order valence-electron chi connectivity index (χ0n) is 15.1. The zero-order valence-corrected chi connectivity index (χ0v) is 15.1. The van der Waals surface area contributed by atoms with E-state index in [0.29, 0.717) is 12.5 Å². The fraction of sp³-hybridized carbons (Fsp3) is 0.684. The molecule has 140 valence electrons. The van der Waals surface area contributed by atoms with E-state index in [1.165, 1.54) is 0 Å². The number of aliphatic hydroxyl groups excluding tert-OH is 1. The van der Waals surface area contributed by atoms with Gasteiger partial charge in [0.05, 0.1) is 12.6 Å². The first kappa shape index (κ1) is 18.8. The predicted molar refractivity (Wildman–Crippen MR) is 92.9 cm³/mol. The quantitative estimate of drug-likeness (QED) is 0.815. The summed E-state index contributed by atoms with van der Waals surface area (Å²) in [7, 11) is 1.59. The molecule has 0 amide bonds. The summed E-state index contributed by atoms with van der Waals surface area (Å²) in [5.74, 6) is 0.588. The van der Waals surface area contributed by atoms with Gasteiger partial charge in [-0.15, -0.1) is 0 Å². The van der Waals surface area contributed by atoms with Crippen LogP contribution in [0.4, 0.5) is 0 Å². The monoisotopic (exact) mass is 351 g/mol. The molecule has 2 heterocycles. The van der Waals surface area contributed by atoms with Gasteiger partial charge < -0.3 is 29.4 Å². The summed E-state index contributed by atoms with van der Waals surface area (Å²) in [6, 6.07) is 9.41. The highest BCUT2D eigenvalue weighted by molar-refractivity contribution is 5.16. The Hall–Kier alpha value is -1.02. The molecule has 2 fully saturated rings. The van der Waals surface area contributed by atoms with Crippen LogP contribution in [0.3, 0.4) is 0 Å². The molecule has 0 saturated carbocycles. The van der Waals surface area contributed by atoms with Gasteiger partial charge in [-0.3, -0.25) is 0 Å². The Kier molecular flexibility index (Phi) is 6.44. The van der Waals surface area contributed by atoms with Crippen LogP contribution < -0.4 is 5.32 Å². The first-order chi connectivity index (χ1) is 12.1. The van der Waals surface area contributed by atoms with Crippen molar-refractivity contribution in [3.63, 3.8) is 0 Å². The standard InChI is InChI=1S/C19H29NO5/c1-12(2)9-10-20-15-16(21)17-14(24-19(15)22-3)11-23-18(25-17)13-7-5-4-6-8-13/h4-8,12,14-21H,9-11H2,1-3H3/t14-,15-,16+,17-,18-,19+/m1/s1. The van der Waals surface area contributed by atoms with E-state index in [9.17, 15) is 5.11 Å². The van der Waals surface area contributed by atoms with Crippen molar-refractivity contribution in [1.82, 2.24) is 5.32 Å². The van der Waals surface area contributed by atoms with Crippen molar-refractivity contribution in [2.24, 2.45) is 5.92 Å². The van der Waals surface area contributed by atoms with Gasteiger partial charge in [-0.1, -0.05) is 44.2 Å². The summed E-state index contributed by atoms with van der Waals surface area (Å²) in [6.45, 7) is 5.50. The maximum Gasteiger partial charge on any atom is 0.184 e. The number of hydrogen-bond donors (Lipinski definition) is 2. The van der Waals surface area contributed by atoms with Crippen molar-refractivity contribution in [2.75, 3.05) is 20.3 Å². The summed E-state index contributed by atoms with van der Waals surface area (Å²) in [4.78, 5) is 0. The molecule has 0 radical (unpaired) electrons. The molecule has 6 heteroatoms. The Morgan fingerprint density at radius 2 is 2.00 bits per heavy atom. The number of ether oxygens (including phenoxy) is 4. The molecule has 25 heavy (non-hydrogen) atoms. The molecule has 1 aromatic carbocycles. The lowest BCUT2D eigenvalue weighted by atomic mass is 9.95. The molecule has 2 aliphatic rings. The van der Waals surface area contributed by atoms with E-state index in [2.05, 4.69) is 19.2 Å². The van der Waals surface area contributed by atoms with Gasteiger partial charge in [-0.05, 0) is 18.9 Å². The zero-order chi connectivity index (χ0) is 17.8. The molecule has 2 saturated heterocycles. The molecule has 0 spiro atoms. The number of rotatable bonds is 6. The highest BCUT2D eigenvalue weighted by Gasteiger charge is 2.49. The lowest BCUT2D eigenvalue weighted by molar-refractivity contribution is -0.341. The Bertz CT molecular complexity index is 526. The fourth-order valence-electron chi connectivity index (χ4n) is 3.33. The molecular formula is C19H29NO5. The SMILES string of the molecule is CO[C@H]1O[C@@H]2CO[C@@H](c3ccccc3)O[C@H]2[C@@H](O)[C@H]1NCCC(C)C. The van der Waals surface area contributed by atoms with E-state index < -0.39 is 24.8 Å². The van der Waals surface area contributed by atoms with Crippen molar-refractivity contribution in [3.8, 4) is 0 Å². The maximum atomic E-state index is 10.9. The van der Waals surface area contributed by atoms with Crippen LogP contribution in [-0.4, -0.2) is 56.0 Å². The molecule has 2 N–H and O–H groups in total. The van der Waals surface area contributed by atoms with E-state index in [0.717, 1.165) is 18.5 Å². The summed E-state index contributed by atoms with van der Waals surface area (Å²) in [5.41, 5.74) is 0.936. The minimum absolute atomic E-state index is 0.334. The van der Waals surface area contributed by atoms with Gasteiger partial charge in [0.15, 0.2) is 12.6 Å². The highest BCUT2D eigenvalue weighted by Crippen LogP contribution is 2.34. The lowest BCUT2D eigenvalue weighted by Gasteiger charge is -2.47. The summed E-state index contributed by atoms with van der Waals surface area (Å²) >= 11 is 0. The lowest BCUT2D eigenvalue weighted by Crippen LogP contribution is -2.66. The molecule has 0 aromatic heterocycles. The second-order valence-corrected chi connectivity index (χ2v) is 7.11. The summed E-state index contributed by atoms with van der Waals surface area (Å²) in [6.07, 6.45) is -1.53. The van der Waals surface area contributed by atoms with Gasteiger partial charge in [-0.25, -0.2) is 0 Å². The number of aliphatic hydroxyl groups is 1. The van der Waals surface area contributed by atoms with Gasteiger partial charge >= 0.3 is 0 Å². The molecule has 3 rings (SSSR count). The van der Waals surface area contributed by atoms with Crippen molar-refractivity contribution >= 4 is 0 Å². The third-order valence-corrected chi connectivity index (χ3v) is 4.77. The second kappa shape index (κ2) is 8.58. The average molecular weight is 351 g/mol. The van der Waals surface area contributed by atoms with Gasteiger partial charge in [0, 0.05) is 12.7 Å². The maximum absolute atomic E-state index is 10.9. The minimum atomic E-state index is -0.731. The largest absolute Gasteiger partial charge is 0.388 e. The first-order valence-electron chi connectivity index (χ1n) is 9.02. The van der Waals surface area contributed by atoms with Gasteiger partial charge in [0.1, 0.15) is 18.3 Å². The van der Waals surface area contributed by atoms with Gasteiger partial charge in [0.2, 0.25) is 0 Å². The number of nitrogens with one attached hydrogen (secondary N) is 1. The Morgan fingerprint density at radius 1 is 1.24 bits per heavy atom. The van der Waals surface area contributed by atoms with Crippen molar-refractivity contribution in [2.45, 2.75) is 57.2 Å². The van der Waals surface area contributed by atoms with Crippen LogP contribution in [-0.2, 0) is 18.9 Å². The third kappa shape index (κ3) is 4.39. The first-order valence-corrected chi connectivity index (χ1v) is 9.02. The van der Waals surface area contributed by atoms with Crippen LogP contribution in [0.1, 0.15) is 32.1 Å². The van der Waals surface area contributed by atoms with Crippen LogP contribution in [0.5, 0.6) is 0 Å². The minimum Gasteiger partial charge on any atom is -0.388 e. The van der Waals surface area contributed by atoms with Crippen molar-refractivity contribution < 1.29 is 24.1 Å². The second-order valence-electron chi connectivity index (χ2n) is 7.11. The van der Waals surface area contributed by atoms with Crippen LogP contribution >= 0.6 is 0 Å². The number of hydrogen-bond acceptors (Lipinski definition) is 6. The molecule has 0 bridgehead atoms. The smallest absolute Gasteiger partial charge is 0.184 e. The average Bonchev–Trinajstić information content (AvgIpc) is 2.63. The fourth-order valence-corrected chi connectivity index (χ4v) is 3.33. The van der Waals surface area contributed by atoms with Crippen LogP contribution in [0, 0.1) is 5.92 Å². The van der Waals surface area contributed by atoms with Crippen LogP contribution in [0.25, 0.3) is 0 Å². The van der Waals surface area contributed by atoms with E-state index in [1.807, 2.05) is 30.3 Å². The topological polar surface area (TPSA) is 69.2 Å². The third-order valence-electron chi connectivity index (χ3n) is 4.77. The normalized spacial score (nSPS) is 35.6. The summed E-state index contributed by atoms with van der Waals surface area (Å²) in [5, 5.41) is 14.3. The molecule has 1 aromatic rings. The van der Waals surface area contributed by atoms with Gasteiger partial charge in [-0.2, -0.15) is 0 Å². The Labute approximate surface area is 149 Å². The number of methoxy groups -OCH3 is 1. The van der Waals surface area contributed by atoms with Gasteiger partial charge in [0.25, 0.3) is 0 Å². The summed E-state index contributed by atoms with van der Waals surface area (Å²) < 4.78 is 23.2. The molecule has 0 unspecified atom stereocenters. The molecule has 6 nitrogen and oxygen atoms in total. The van der Waals surface area contributed by atoms with Crippen LogP contribution in [0.2, 0.25) is 0 Å². The molecule has 6 atom stereocenters. The molecule has 2 aliphatic heterocycles.